The van der Waals surface area contributed by atoms with Gasteiger partial charge in [-0.3, -0.25) is 14.4 Å². The number of carboxylic acid groups (broad SMARTS) is 1. The maximum Gasteiger partial charge on any atom is 0.310 e. The summed E-state index contributed by atoms with van der Waals surface area (Å²) in [4.78, 5) is 15.0. The monoisotopic (exact) mass is 504 g/mol. The Bertz CT molecular complexity index is 1250. The number of hydrazine groups is 1. The van der Waals surface area contributed by atoms with Crippen molar-refractivity contribution in [2.75, 3.05) is 30.9 Å². The highest BCUT2D eigenvalue weighted by atomic mass is 16.4. The first kappa shape index (κ1) is 26.7. The van der Waals surface area contributed by atoms with Crippen molar-refractivity contribution in [2.45, 2.75) is 59.0 Å². The molecule has 1 aliphatic heterocycles. The summed E-state index contributed by atoms with van der Waals surface area (Å²) in [5.41, 5.74) is 11.8. The van der Waals surface area contributed by atoms with E-state index in [1.54, 1.807) is 20.9 Å². The summed E-state index contributed by atoms with van der Waals surface area (Å²) in [6.07, 6.45) is 6.13. The maximum absolute atomic E-state index is 12.5. The lowest BCUT2D eigenvalue weighted by molar-refractivity contribution is -0.147. The van der Waals surface area contributed by atoms with Crippen LogP contribution in [0.3, 0.4) is 0 Å². The number of nitrogens with zero attached hydrogens (tertiary/aromatic N) is 4. The molecule has 0 radical (unpaired) electrons. The van der Waals surface area contributed by atoms with Gasteiger partial charge in [-0.15, -0.1) is 0 Å². The molecule has 2 atom stereocenters. The third-order valence-electron chi connectivity index (χ3n) is 7.98. The first-order valence-electron chi connectivity index (χ1n) is 12.9. The van der Waals surface area contributed by atoms with Crippen molar-refractivity contribution >= 4 is 17.3 Å². The lowest BCUT2D eigenvalue weighted by Crippen LogP contribution is -2.36. The van der Waals surface area contributed by atoms with Crippen molar-refractivity contribution in [1.29, 1.82) is 0 Å². The predicted molar refractivity (Wildman–Crippen MR) is 148 cm³/mol. The number of rotatable bonds is 8. The third-order valence-corrected chi connectivity index (χ3v) is 7.98. The van der Waals surface area contributed by atoms with Gasteiger partial charge in [-0.25, -0.2) is 5.84 Å². The molecule has 0 saturated carbocycles. The molecular weight excluding hydrogens is 464 g/mol. The van der Waals surface area contributed by atoms with E-state index in [1.807, 2.05) is 37.5 Å². The lowest BCUT2D eigenvalue weighted by Gasteiger charge is -2.35. The van der Waals surface area contributed by atoms with E-state index in [-0.39, 0.29) is 5.92 Å². The second-order valence-corrected chi connectivity index (χ2v) is 11.0. The number of hydrogen-bond donors (Lipinski definition) is 3. The van der Waals surface area contributed by atoms with Gasteiger partial charge in [-0.2, -0.15) is 5.10 Å². The number of aromatic nitrogens is 2. The number of benzene rings is 2. The van der Waals surface area contributed by atoms with E-state index in [1.165, 1.54) is 16.1 Å². The van der Waals surface area contributed by atoms with Gasteiger partial charge in [-0.1, -0.05) is 24.3 Å². The Hall–Kier alpha value is -3.36. The Labute approximate surface area is 219 Å². The van der Waals surface area contributed by atoms with Gasteiger partial charge in [0.05, 0.1) is 22.8 Å². The fourth-order valence-corrected chi connectivity index (χ4v) is 5.63. The quantitative estimate of drug-likeness (QED) is 0.236. The van der Waals surface area contributed by atoms with Crippen LogP contribution in [0.25, 0.3) is 0 Å². The van der Waals surface area contributed by atoms with E-state index in [9.17, 15) is 9.90 Å². The molecule has 0 spiro atoms. The number of nitrogen functional groups attached to an aromatic ring is 1. The number of aliphatic carboxylic acids is 1. The van der Waals surface area contributed by atoms with Crippen LogP contribution in [0, 0.1) is 19.3 Å². The standard InChI is InChI=1S/C29H40N6O2/c1-19-9-10-21(16-22(19)17-34-14-6-8-23(18-34)35-15-7-13-32-35)26(29(3,4)28(36)37)24-11-12-25(33(5)31)27(30)20(24)2/h7,9-13,15-16,23,26H,6,8,14,17-18,30-31H2,1-5H3,(H,36,37). The SMILES string of the molecule is Cc1ccc(C(c2ccc(N(C)N)c(N)c2C)C(C)(C)C(=O)O)cc1CN1CCCC(n2cccn2)C1. The summed E-state index contributed by atoms with van der Waals surface area (Å²) in [5, 5.41) is 16.2. The molecule has 1 saturated heterocycles. The molecule has 8 heteroatoms. The normalized spacial score (nSPS) is 17.5. The number of carbonyl (C=O) groups is 1. The first-order valence-corrected chi connectivity index (χ1v) is 12.9. The average Bonchev–Trinajstić information content (AvgIpc) is 3.39. The highest BCUT2D eigenvalue weighted by molar-refractivity contribution is 5.78. The minimum atomic E-state index is -1.06. The van der Waals surface area contributed by atoms with Gasteiger partial charge in [0.1, 0.15) is 0 Å². The van der Waals surface area contributed by atoms with Gasteiger partial charge in [0.15, 0.2) is 0 Å². The average molecular weight is 505 g/mol. The van der Waals surface area contributed by atoms with Crippen molar-refractivity contribution in [3.05, 3.63) is 76.6 Å². The van der Waals surface area contributed by atoms with Crippen LogP contribution in [-0.2, 0) is 11.3 Å². The van der Waals surface area contributed by atoms with Crippen LogP contribution in [0.15, 0.2) is 48.8 Å². The summed E-state index contributed by atoms with van der Waals surface area (Å²) < 4.78 is 2.07. The number of likely N-dealkylation sites (tertiary alicyclic amines) is 1. The minimum absolute atomic E-state index is 0.371. The van der Waals surface area contributed by atoms with Crippen LogP contribution in [0.2, 0.25) is 0 Å². The molecule has 1 aliphatic rings. The summed E-state index contributed by atoms with van der Waals surface area (Å²) in [7, 11) is 1.74. The molecule has 2 aromatic carbocycles. The smallest absolute Gasteiger partial charge is 0.310 e. The molecule has 1 aromatic heterocycles. The van der Waals surface area contributed by atoms with Crippen molar-refractivity contribution in [3.8, 4) is 0 Å². The second kappa shape index (κ2) is 10.6. The minimum Gasteiger partial charge on any atom is -0.481 e. The van der Waals surface area contributed by atoms with Crippen LogP contribution >= 0.6 is 0 Å². The molecule has 1 fully saturated rings. The van der Waals surface area contributed by atoms with Crippen LogP contribution in [0.5, 0.6) is 0 Å². The largest absolute Gasteiger partial charge is 0.481 e. The van der Waals surface area contributed by atoms with Crippen molar-refractivity contribution in [2.24, 2.45) is 11.3 Å². The summed E-state index contributed by atoms with van der Waals surface area (Å²) in [6.45, 7) is 10.4. The predicted octanol–water partition coefficient (Wildman–Crippen LogP) is 4.47. The third kappa shape index (κ3) is 5.36. The fourth-order valence-electron chi connectivity index (χ4n) is 5.63. The highest BCUT2D eigenvalue weighted by Gasteiger charge is 2.40. The molecule has 8 nitrogen and oxygen atoms in total. The van der Waals surface area contributed by atoms with E-state index in [0.717, 1.165) is 54.9 Å². The van der Waals surface area contributed by atoms with Gasteiger partial charge in [0.25, 0.3) is 0 Å². The van der Waals surface area contributed by atoms with E-state index in [0.29, 0.717) is 11.7 Å². The lowest BCUT2D eigenvalue weighted by atomic mass is 9.69. The zero-order valence-electron chi connectivity index (χ0n) is 22.6. The molecule has 2 heterocycles. The summed E-state index contributed by atoms with van der Waals surface area (Å²) in [5.74, 6) is 4.73. The molecular formula is C29H40N6O2. The van der Waals surface area contributed by atoms with Crippen LogP contribution in [-0.4, -0.2) is 45.9 Å². The van der Waals surface area contributed by atoms with E-state index in [4.69, 9.17) is 11.6 Å². The van der Waals surface area contributed by atoms with E-state index < -0.39 is 11.4 Å². The Morgan fingerprint density at radius 2 is 2.03 bits per heavy atom. The Balaban J connectivity index is 1.71. The number of nitrogens with two attached hydrogens (primary N) is 2. The fraction of sp³-hybridized carbons (Fsp3) is 0.448. The van der Waals surface area contributed by atoms with Crippen LogP contribution in [0.4, 0.5) is 11.4 Å². The van der Waals surface area contributed by atoms with Crippen LogP contribution in [0.1, 0.15) is 66.5 Å². The van der Waals surface area contributed by atoms with Crippen molar-refractivity contribution < 1.29 is 9.90 Å². The number of anilines is 2. The molecule has 37 heavy (non-hydrogen) atoms. The van der Waals surface area contributed by atoms with Gasteiger partial charge in [0, 0.05) is 38.4 Å². The molecule has 0 aliphatic carbocycles. The zero-order chi connectivity index (χ0) is 26.9. The Morgan fingerprint density at radius 1 is 1.27 bits per heavy atom. The van der Waals surface area contributed by atoms with E-state index in [2.05, 4.69) is 39.8 Å². The topological polar surface area (TPSA) is 114 Å². The highest BCUT2D eigenvalue weighted by Crippen LogP contribution is 2.45. The van der Waals surface area contributed by atoms with Crippen molar-refractivity contribution in [1.82, 2.24) is 14.7 Å². The molecule has 2 unspecified atom stereocenters. The summed E-state index contributed by atoms with van der Waals surface area (Å²) in [6, 6.07) is 12.6. The second-order valence-electron chi connectivity index (χ2n) is 11.0. The molecule has 4 rings (SSSR count). The van der Waals surface area contributed by atoms with Crippen LogP contribution < -0.4 is 16.6 Å². The number of hydrogen-bond acceptors (Lipinski definition) is 6. The molecule has 3 aromatic rings. The molecule has 198 valence electrons. The zero-order valence-corrected chi connectivity index (χ0v) is 22.6. The first-order chi connectivity index (χ1) is 17.5. The summed E-state index contributed by atoms with van der Waals surface area (Å²) >= 11 is 0. The van der Waals surface area contributed by atoms with Crippen molar-refractivity contribution in [3.63, 3.8) is 0 Å². The Morgan fingerprint density at radius 3 is 2.68 bits per heavy atom. The Kier molecular flexibility index (Phi) is 7.62. The van der Waals surface area contributed by atoms with Gasteiger partial charge in [0.2, 0.25) is 0 Å². The van der Waals surface area contributed by atoms with Gasteiger partial charge >= 0.3 is 5.97 Å². The molecule has 0 bridgehead atoms. The number of aryl methyl sites for hydroxylation is 1. The maximum atomic E-state index is 12.5. The molecule has 5 N–H and O–H groups in total. The number of carboxylic acids is 1. The van der Waals surface area contributed by atoms with E-state index >= 15 is 0 Å². The van der Waals surface area contributed by atoms with Gasteiger partial charge in [-0.05, 0) is 87.0 Å². The van der Waals surface area contributed by atoms with Gasteiger partial charge < -0.3 is 15.8 Å². The molecule has 0 amide bonds. The number of piperidine rings is 1.